The highest BCUT2D eigenvalue weighted by Crippen LogP contribution is 2.38. The number of nitrogens with zero attached hydrogens (tertiary/aromatic N) is 2. The van der Waals surface area contributed by atoms with Gasteiger partial charge in [-0.25, -0.2) is 9.36 Å². The molecule has 0 unspecified atom stereocenters. The maximum Gasteiger partial charge on any atom is 0.573 e. The summed E-state index contributed by atoms with van der Waals surface area (Å²) in [5.74, 6) is -0.452. The molecule has 3 heterocycles. The van der Waals surface area contributed by atoms with Crippen LogP contribution in [-0.4, -0.2) is 20.9 Å². The van der Waals surface area contributed by atoms with Crippen LogP contribution in [0.15, 0.2) is 70.5 Å². The standard InChI is InChI=1S/C22H11ClF3N3O3S/c23-15-6-5-12(32-22(24,25)26)7-14(15)18-8-16-19(33-18)20(30)29(21(31)28-16)17-10-27-9-11-3-1-2-4-13(11)17/h1-10H,(H,28,31). The molecule has 0 amide bonds. The van der Waals surface area contributed by atoms with Crippen molar-refractivity contribution in [3.8, 4) is 21.9 Å². The Morgan fingerprint density at radius 3 is 2.64 bits per heavy atom. The van der Waals surface area contributed by atoms with Crippen molar-refractivity contribution in [1.29, 1.82) is 0 Å². The molecule has 3 aromatic heterocycles. The predicted molar refractivity (Wildman–Crippen MR) is 120 cm³/mol. The molecular weight excluding hydrogens is 479 g/mol. The van der Waals surface area contributed by atoms with Gasteiger partial charge in [0.2, 0.25) is 0 Å². The molecule has 0 saturated heterocycles. The number of pyridine rings is 1. The van der Waals surface area contributed by atoms with Crippen LogP contribution in [0.5, 0.6) is 5.75 Å². The third-order valence-corrected chi connectivity index (χ3v) is 6.38. The van der Waals surface area contributed by atoms with E-state index < -0.39 is 23.4 Å². The van der Waals surface area contributed by atoms with Crippen molar-refractivity contribution in [2.75, 3.05) is 0 Å². The van der Waals surface area contributed by atoms with Gasteiger partial charge in [-0.1, -0.05) is 35.9 Å². The zero-order valence-electron chi connectivity index (χ0n) is 16.3. The van der Waals surface area contributed by atoms with Crippen molar-refractivity contribution in [2.24, 2.45) is 0 Å². The van der Waals surface area contributed by atoms with E-state index in [0.29, 0.717) is 16.0 Å². The van der Waals surface area contributed by atoms with Gasteiger partial charge in [0.1, 0.15) is 10.4 Å². The Bertz CT molecular complexity index is 1650. The first-order valence-electron chi connectivity index (χ1n) is 9.39. The van der Waals surface area contributed by atoms with Crippen LogP contribution in [0.2, 0.25) is 5.02 Å². The number of halogens is 4. The van der Waals surface area contributed by atoms with Crippen molar-refractivity contribution < 1.29 is 17.9 Å². The molecule has 1 N–H and O–H groups in total. The third kappa shape index (κ3) is 3.87. The lowest BCUT2D eigenvalue weighted by atomic mass is 10.1. The summed E-state index contributed by atoms with van der Waals surface area (Å²) < 4.78 is 43.0. The third-order valence-electron chi connectivity index (χ3n) is 4.90. The van der Waals surface area contributed by atoms with Crippen LogP contribution in [0, 0.1) is 0 Å². The fourth-order valence-electron chi connectivity index (χ4n) is 3.53. The average molecular weight is 490 g/mol. The highest BCUT2D eigenvalue weighted by molar-refractivity contribution is 7.22. The number of thiophene rings is 1. The van der Waals surface area contributed by atoms with E-state index in [1.165, 1.54) is 18.3 Å². The predicted octanol–water partition coefficient (Wildman–Crippen LogP) is 5.51. The maximum atomic E-state index is 13.3. The van der Waals surface area contributed by atoms with Crippen LogP contribution in [0.4, 0.5) is 13.2 Å². The van der Waals surface area contributed by atoms with E-state index in [4.69, 9.17) is 11.6 Å². The Balaban J connectivity index is 1.70. The lowest BCUT2D eigenvalue weighted by Crippen LogP contribution is -2.33. The Hall–Kier alpha value is -3.63. The maximum absolute atomic E-state index is 13.3. The highest BCUT2D eigenvalue weighted by atomic mass is 35.5. The second-order valence-electron chi connectivity index (χ2n) is 6.99. The number of fused-ring (bicyclic) bond motifs is 2. The summed E-state index contributed by atoms with van der Waals surface area (Å²) in [5, 5.41) is 1.58. The largest absolute Gasteiger partial charge is 0.573 e. The smallest absolute Gasteiger partial charge is 0.406 e. The Labute approximate surface area is 191 Å². The summed E-state index contributed by atoms with van der Waals surface area (Å²) in [6.45, 7) is 0. The van der Waals surface area contributed by atoms with E-state index in [1.807, 2.05) is 12.1 Å². The number of aromatic amines is 1. The fraction of sp³-hybridized carbons (Fsp3) is 0.0455. The zero-order valence-corrected chi connectivity index (χ0v) is 17.9. The van der Waals surface area contributed by atoms with Crippen LogP contribution in [-0.2, 0) is 0 Å². The minimum atomic E-state index is -4.86. The lowest BCUT2D eigenvalue weighted by molar-refractivity contribution is -0.274. The number of nitrogens with one attached hydrogen (secondary N) is 1. The summed E-state index contributed by atoms with van der Waals surface area (Å²) in [6.07, 6.45) is -1.82. The molecule has 0 radical (unpaired) electrons. The molecule has 0 aliphatic heterocycles. The normalized spacial score (nSPS) is 11.9. The lowest BCUT2D eigenvalue weighted by Gasteiger charge is -2.10. The van der Waals surface area contributed by atoms with Gasteiger partial charge >= 0.3 is 12.1 Å². The van der Waals surface area contributed by atoms with Crippen molar-refractivity contribution in [3.05, 3.63) is 86.8 Å². The number of hydrogen-bond donors (Lipinski definition) is 1. The first-order chi connectivity index (χ1) is 15.7. The first kappa shape index (κ1) is 21.2. The van der Waals surface area contributed by atoms with Crippen LogP contribution < -0.4 is 16.0 Å². The summed E-state index contributed by atoms with van der Waals surface area (Å²) in [7, 11) is 0. The molecule has 2 aromatic carbocycles. The van der Waals surface area contributed by atoms with Crippen molar-refractivity contribution in [1.82, 2.24) is 14.5 Å². The van der Waals surface area contributed by atoms with Gasteiger partial charge in [0.25, 0.3) is 5.56 Å². The zero-order chi connectivity index (χ0) is 23.3. The van der Waals surface area contributed by atoms with Crippen LogP contribution >= 0.6 is 22.9 Å². The molecule has 0 saturated carbocycles. The summed E-state index contributed by atoms with van der Waals surface area (Å²) in [4.78, 5) is 33.3. The van der Waals surface area contributed by atoms with E-state index in [-0.39, 0.29) is 20.8 Å². The van der Waals surface area contributed by atoms with Gasteiger partial charge in [-0.2, -0.15) is 0 Å². The molecule has 11 heteroatoms. The Morgan fingerprint density at radius 2 is 1.85 bits per heavy atom. The Morgan fingerprint density at radius 1 is 1.06 bits per heavy atom. The van der Waals surface area contributed by atoms with Crippen molar-refractivity contribution in [2.45, 2.75) is 6.36 Å². The summed E-state index contributed by atoms with van der Waals surface area (Å²) in [5.41, 5.74) is -0.460. The van der Waals surface area contributed by atoms with Gasteiger partial charge < -0.3 is 9.72 Å². The van der Waals surface area contributed by atoms with Crippen molar-refractivity contribution in [3.63, 3.8) is 0 Å². The monoisotopic (exact) mass is 489 g/mol. The van der Waals surface area contributed by atoms with E-state index in [1.54, 1.807) is 18.3 Å². The minimum absolute atomic E-state index is 0.164. The van der Waals surface area contributed by atoms with Gasteiger partial charge in [0.05, 0.1) is 17.4 Å². The number of benzene rings is 2. The molecule has 33 heavy (non-hydrogen) atoms. The van der Waals surface area contributed by atoms with Gasteiger partial charge in [0.15, 0.2) is 0 Å². The van der Waals surface area contributed by atoms with E-state index in [0.717, 1.165) is 33.4 Å². The van der Waals surface area contributed by atoms with E-state index in [9.17, 15) is 22.8 Å². The Kier molecular flexibility index (Phi) is 4.98. The highest BCUT2D eigenvalue weighted by Gasteiger charge is 2.31. The second-order valence-corrected chi connectivity index (χ2v) is 8.45. The number of ether oxygens (including phenoxy) is 1. The quantitative estimate of drug-likeness (QED) is 0.362. The molecule has 0 bridgehead atoms. The van der Waals surface area contributed by atoms with Crippen LogP contribution in [0.1, 0.15) is 0 Å². The SMILES string of the molecule is O=c1[nH]c2cc(-c3cc(OC(F)(F)F)ccc3Cl)sc2c(=O)n1-c1cncc2ccccc12. The molecule has 0 spiro atoms. The van der Waals surface area contributed by atoms with Gasteiger partial charge in [-0.15, -0.1) is 24.5 Å². The number of rotatable bonds is 3. The minimum Gasteiger partial charge on any atom is -0.406 e. The average Bonchev–Trinajstić information content (AvgIpc) is 3.18. The molecule has 6 nitrogen and oxygen atoms in total. The molecule has 0 aliphatic rings. The van der Waals surface area contributed by atoms with Crippen LogP contribution in [0.3, 0.4) is 0 Å². The van der Waals surface area contributed by atoms with E-state index >= 15 is 0 Å². The summed E-state index contributed by atoms with van der Waals surface area (Å²) >= 11 is 7.20. The molecular formula is C22H11ClF3N3O3S. The van der Waals surface area contributed by atoms with Gasteiger partial charge in [-0.05, 0) is 24.3 Å². The number of aromatic nitrogens is 3. The van der Waals surface area contributed by atoms with E-state index in [2.05, 4.69) is 14.7 Å². The second kappa shape index (κ2) is 7.75. The topological polar surface area (TPSA) is 77.0 Å². The molecule has 0 atom stereocenters. The fourth-order valence-corrected chi connectivity index (χ4v) is 4.88. The van der Waals surface area contributed by atoms with Gasteiger partial charge in [0, 0.05) is 32.4 Å². The number of alkyl halides is 3. The molecule has 5 aromatic rings. The van der Waals surface area contributed by atoms with Crippen molar-refractivity contribution >= 4 is 43.9 Å². The molecule has 0 fully saturated rings. The summed E-state index contributed by atoms with van der Waals surface area (Å²) in [6, 6.07) is 12.2. The number of H-pyrrole nitrogens is 1. The molecule has 0 aliphatic carbocycles. The molecule has 166 valence electrons. The van der Waals surface area contributed by atoms with Crippen LogP contribution in [0.25, 0.3) is 37.1 Å². The van der Waals surface area contributed by atoms with Gasteiger partial charge in [-0.3, -0.25) is 9.78 Å². The first-order valence-corrected chi connectivity index (χ1v) is 10.6. The number of hydrogen-bond acceptors (Lipinski definition) is 5. The molecule has 5 rings (SSSR count).